The van der Waals surface area contributed by atoms with Gasteiger partial charge in [-0.3, -0.25) is 16.0 Å². The van der Waals surface area contributed by atoms with Crippen molar-refractivity contribution in [1.29, 1.82) is 0 Å². The predicted octanol–water partition coefficient (Wildman–Crippen LogP) is -0.748. The van der Waals surface area contributed by atoms with Crippen LogP contribution in [0, 0.1) is 0 Å². The highest BCUT2D eigenvalue weighted by molar-refractivity contribution is 6.08. The molecule has 0 heterocycles. The van der Waals surface area contributed by atoms with Gasteiger partial charge in [-0.2, -0.15) is 0 Å². The van der Waals surface area contributed by atoms with Crippen LogP contribution >= 0.6 is 0 Å². The Labute approximate surface area is 79.1 Å². The summed E-state index contributed by atoms with van der Waals surface area (Å²) in [5, 5.41) is 10.1. The molecule has 0 spiro atoms. The van der Waals surface area contributed by atoms with Gasteiger partial charge in [-0.15, -0.1) is 0 Å². The van der Waals surface area contributed by atoms with Gasteiger partial charge in [-0.05, 0) is 26.1 Å². The molecule has 0 unspecified atom stereocenters. The average Bonchev–Trinajstić information content (AvgIpc) is 2.06. The van der Waals surface area contributed by atoms with Crippen molar-refractivity contribution in [3.63, 3.8) is 0 Å². The molecule has 0 aliphatic heterocycles. The van der Waals surface area contributed by atoms with Gasteiger partial charge in [0.15, 0.2) is 0 Å². The fraction of sp³-hybridized carbons (Fsp3) is 1.00. The third kappa shape index (κ3) is 6.79. The molecule has 74 valence electrons. The Morgan fingerprint density at radius 1 is 1.08 bits per heavy atom. The Morgan fingerprint density at radius 2 is 1.67 bits per heavy atom. The lowest BCUT2D eigenvalue weighted by Gasteiger charge is -2.19. The Morgan fingerprint density at radius 3 is 2.08 bits per heavy atom. The predicted molar refractivity (Wildman–Crippen MR) is 58.5 cm³/mol. The quantitative estimate of drug-likeness (QED) is 0.267. The van der Waals surface area contributed by atoms with Gasteiger partial charge in [0.25, 0.3) is 0 Å². The van der Waals surface area contributed by atoms with Gasteiger partial charge in [0.1, 0.15) is 6.29 Å². The molecule has 0 aromatic heterocycles. The molecular weight excluding hydrogens is 166 g/mol. The maximum Gasteiger partial charge on any atom is 0.111 e. The smallest absolute Gasteiger partial charge is 0.111 e. The van der Waals surface area contributed by atoms with Gasteiger partial charge in [0.2, 0.25) is 0 Å². The van der Waals surface area contributed by atoms with Crippen molar-refractivity contribution in [3.8, 4) is 0 Å². The van der Waals surface area contributed by atoms with Crippen LogP contribution in [0.2, 0.25) is 6.04 Å². The maximum atomic E-state index is 3.42. The number of nitrogens with one attached hydrogen (secondary N) is 3. The molecule has 0 saturated carbocycles. The summed E-state index contributed by atoms with van der Waals surface area (Å²) in [6, 6.07) is 1.39. The van der Waals surface area contributed by atoms with Crippen LogP contribution in [0.1, 0.15) is 20.3 Å². The lowest BCUT2D eigenvalue weighted by molar-refractivity contribution is 0.370. The summed E-state index contributed by atoms with van der Waals surface area (Å²) in [7, 11) is 1.32. The van der Waals surface area contributed by atoms with Crippen molar-refractivity contribution in [3.05, 3.63) is 0 Å². The van der Waals surface area contributed by atoms with Gasteiger partial charge in [-0.25, -0.2) is 0 Å². The maximum absolute atomic E-state index is 3.42. The average molecular weight is 189 g/mol. The second-order valence-electron chi connectivity index (χ2n) is 2.86. The van der Waals surface area contributed by atoms with E-state index in [1.165, 1.54) is 22.7 Å². The monoisotopic (exact) mass is 189 g/mol. The molecule has 0 radical (unpaired) electrons. The minimum absolute atomic E-state index is 0.299. The van der Waals surface area contributed by atoms with Crippen LogP contribution in [0.4, 0.5) is 0 Å². The fourth-order valence-electron chi connectivity index (χ4n) is 1.05. The molecule has 0 saturated heterocycles. The number of rotatable bonds is 8. The Kier molecular flexibility index (Phi) is 9.26. The van der Waals surface area contributed by atoms with E-state index >= 15 is 0 Å². The van der Waals surface area contributed by atoms with Gasteiger partial charge >= 0.3 is 0 Å². The molecule has 0 bridgehead atoms. The van der Waals surface area contributed by atoms with Crippen LogP contribution in [0.25, 0.3) is 0 Å². The molecule has 3 N–H and O–H groups in total. The third-order valence-corrected chi connectivity index (χ3v) is 2.40. The van der Waals surface area contributed by atoms with E-state index in [0.29, 0.717) is 6.29 Å². The summed E-state index contributed by atoms with van der Waals surface area (Å²) in [6.07, 6.45) is 1.60. The lowest BCUT2D eigenvalue weighted by atomic mass is 10.4. The first kappa shape index (κ1) is 12.1. The van der Waals surface area contributed by atoms with E-state index in [1.807, 2.05) is 0 Å². The molecular formula is C8H23N3Si. The first-order valence-electron chi connectivity index (χ1n) is 5.05. The number of hydrogen-bond donors (Lipinski definition) is 3. The zero-order valence-electron chi connectivity index (χ0n) is 8.61. The van der Waals surface area contributed by atoms with Gasteiger partial charge < -0.3 is 0 Å². The summed E-state index contributed by atoms with van der Waals surface area (Å²) < 4.78 is 0. The van der Waals surface area contributed by atoms with Crippen LogP contribution in [0.5, 0.6) is 0 Å². The first-order chi connectivity index (χ1) is 5.85. The van der Waals surface area contributed by atoms with Crippen molar-refractivity contribution < 1.29 is 0 Å². The summed E-state index contributed by atoms with van der Waals surface area (Å²) in [6.45, 7) is 7.38. The van der Waals surface area contributed by atoms with Crippen LogP contribution in [0.15, 0.2) is 0 Å². The summed E-state index contributed by atoms with van der Waals surface area (Å²) in [4.78, 5) is 0. The minimum Gasteiger partial charge on any atom is -0.290 e. The van der Waals surface area contributed by atoms with Crippen LogP contribution in [-0.2, 0) is 0 Å². The first-order valence-corrected chi connectivity index (χ1v) is 6.46. The molecule has 0 fully saturated rings. The van der Waals surface area contributed by atoms with Gasteiger partial charge in [-0.1, -0.05) is 19.9 Å². The molecule has 0 aliphatic rings. The third-order valence-electron chi connectivity index (χ3n) is 1.70. The lowest BCUT2D eigenvalue weighted by Crippen LogP contribution is -2.52. The molecule has 0 atom stereocenters. The molecule has 12 heavy (non-hydrogen) atoms. The molecule has 0 amide bonds. The Hall–Kier alpha value is 0.0969. The topological polar surface area (TPSA) is 36.1 Å². The van der Waals surface area contributed by atoms with E-state index in [0.717, 1.165) is 19.6 Å². The summed E-state index contributed by atoms with van der Waals surface area (Å²) in [5.41, 5.74) is 0. The second-order valence-corrected chi connectivity index (χ2v) is 3.86. The fourth-order valence-corrected chi connectivity index (χ4v) is 1.40. The van der Waals surface area contributed by atoms with E-state index in [2.05, 4.69) is 29.8 Å². The second kappa shape index (κ2) is 9.19. The van der Waals surface area contributed by atoms with E-state index in [-0.39, 0.29) is 0 Å². The van der Waals surface area contributed by atoms with Crippen LogP contribution in [0.3, 0.4) is 0 Å². The normalized spacial score (nSPS) is 11.2. The SMILES string of the molecule is CCNC(NCC)NCCC[SiH3]. The van der Waals surface area contributed by atoms with Gasteiger partial charge in [0, 0.05) is 10.2 Å². The van der Waals surface area contributed by atoms with Crippen LogP contribution < -0.4 is 16.0 Å². The van der Waals surface area contributed by atoms with Gasteiger partial charge in [0.05, 0.1) is 0 Å². The molecule has 0 aromatic carbocycles. The largest absolute Gasteiger partial charge is 0.290 e. The highest BCUT2D eigenvalue weighted by atomic mass is 28.1. The highest BCUT2D eigenvalue weighted by Crippen LogP contribution is 1.81. The van der Waals surface area contributed by atoms with Crippen LogP contribution in [-0.4, -0.2) is 36.2 Å². The summed E-state index contributed by atoms with van der Waals surface area (Å²) >= 11 is 0. The molecule has 0 aliphatic carbocycles. The van der Waals surface area contributed by atoms with Crippen molar-refractivity contribution in [2.75, 3.05) is 19.6 Å². The van der Waals surface area contributed by atoms with Crippen molar-refractivity contribution in [2.45, 2.75) is 32.6 Å². The zero-order valence-corrected chi connectivity index (χ0v) is 10.6. The number of hydrogen-bond acceptors (Lipinski definition) is 3. The minimum atomic E-state index is 0.299. The molecule has 0 aromatic rings. The van der Waals surface area contributed by atoms with Crippen molar-refractivity contribution >= 4 is 10.2 Å². The molecule has 4 heteroatoms. The van der Waals surface area contributed by atoms with E-state index < -0.39 is 0 Å². The van der Waals surface area contributed by atoms with Crippen molar-refractivity contribution in [1.82, 2.24) is 16.0 Å². The van der Waals surface area contributed by atoms with E-state index in [9.17, 15) is 0 Å². The summed E-state index contributed by atoms with van der Waals surface area (Å²) in [5.74, 6) is 0. The molecule has 0 rings (SSSR count). The standard InChI is InChI=1S/C8H23N3Si/c1-3-9-8(10-4-2)11-6-5-7-12/h8-11H,3-7H2,1-2,12H3. The Balaban J connectivity index is 3.34. The van der Waals surface area contributed by atoms with E-state index in [1.54, 1.807) is 0 Å². The van der Waals surface area contributed by atoms with Crippen molar-refractivity contribution in [2.24, 2.45) is 0 Å². The van der Waals surface area contributed by atoms with E-state index in [4.69, 9.17) is 0 Å². The highest BCUT2D eigenvalue weighted by Gasteiger charge is 2.01. The zero-order chi connectivity index (χ0) is 9.23. The molecule has 3 nitrogen and oxygen atoms in total. The Bertz CT molecular complexity index is 84.4.